The van der Waals surface area contributed by atoms with Gasteiger partial charge in [-0.3, -0.25) is 0 Å². The monoisotopic (exact) mass is 275 g/mol. The Balaban J connectivity index is 1.75. The van der Waals surface area contributed by atoms with Crippen molar-refractivity contribution in [2.24, 2.45) is 0 Å². The average molecular weight is 276 g/mol. The van der Waals surface area contributed by atoms with E-state index in [1.165, 1.54) is 5.56 Å². The highest BCUT2D eigenvalue weighted by Gasteiger charge is 1.96. The summed E-state index contributed by atoms with van der Waals surface area (Å²) in [5.74, 6) is 0.928. The summed E-state index contributed by atoms with van der Waals surface area (Å²) in [6.07, 6.45) is 1.03. The smallest absolute Gasteiger partial charge is 0.119 e. The number of anilines is 1. The zero-order valence-electron chi connectivity index (χ0n) is 11.0. The fourth-order valence-electron chi connectivity index (χ4n) is 1.79. The lowest BCUT2D eigenvalue weighted by molar-refractivity contribution is 0.332. The maximum Gasteiger partial charge on any atom is 0.119 e. The summed E-state index contributed by atoms with van der Waals surface area (Å²) >= 11 is 5.83. The van der Waals surface area contributed by atoms with Gasteiger partial charge in [0, 0.05) is 17.3 Å². The van der Waals surface area contributed by atoms with Crippen LogP contribution in [0, 0.1) is 0 Å². The quantitative estimate of drug-likeness (QED) is 0.789. The van der Waals surface area contributed by atoms with Gasteiger partial charge in [0.1, 0.15) is 12.4 Å². The first kappa shape index (κ1) is 13.8. The van der Waals surface area contributed by atoms with Gasteiger partial charge in [-0.15, -0.1) is 0 Å². The van der Waals surface area contributed by atoms with Gasteiger partial charge in [-0.05, 0) is 48.4 Å². The van der Waals surface area contributed by atoms with Gasteiger partial charge in [0.15, 0.2) is 0 Å². The minimum atomic E-state index is 0.635. The molecule has 1 N–H and O–H groups in total. The van der Waals surface area contributed by atoms with Gasteiger partial charge in [0.25, 0.3) is 0 Å². The van der Waals surface area contributed by atoms with Gasteiger partial charge < -0.3 is 10.1 Å². The van der Waals surface area contributed by atoms with E-state index in [9.17, 15) is 0 Å². The standard InChI is InChI=1S/C16H18ClNO/c1-2-13-4-3-5-16(12-13)19-11-10-18-15-8-6-14(17)7-9-15/h3-9,12,18H,2,10-11H2,1H3. The van der Waals surface area contributed by atoms with Crippen molar-refractivity contribution in [2.45, 2.75) is 13.3 Å². The summed E-state index contributed by atoms with van der Waals surface area (Å²) in [6.45, 7) is 3.54. The fraction of sp³-hybridized carbons (Fsp3) is 0.250. The molecule has 0 atom stereocenters. The zero-order valence-corrected chi connectivity index (χ0v) is 11.8. The molecule has 2 rings (SSSR count). The number of hydrogen-bond donors (Lipinski definition) is 1. The molecular formula is C16H18ClNO. The van der Waals surface area contributed by atoms with Crippen molar-refractivity contribution in [3.63, 3.8) is 0 Å². The lowest BCUT2D eigenvalue weighted by Crippen LogP contribution is -2.11. The van der Waals surface area contributed by atoms with Crippen molar-refractivity contribution in [1.29, 1.82) is 0 Å². The van der Waals surface area contributed by atoms with Crippen LogP contribution in [0.4, 0.5) is 5.69 Å². The Morgan fingerprint density at radius 3 is 2.63 bits per heavy atom. The van der Waals surface area contributed by atoms with Crippen LogP contribution in [0.5, 0.6) is 5.75 Å². The van der Waals surface area contributed by atoms with E-state index in [4.69, 9.17) is 16.3 Å². The van der Waals surface area contributed by atoms with E-state index in [2.05, 4.69) is 24.4 Å². The molecule has 0 saturated heterocycles. The first-order chi connectivity index (χ1) is 9.28. The van der Waals surface area contributed by atoms with Crippen LogP contribution in [-0.2, 0) is 6.42 Å². The highest BCUT2D eigenvalue weighted by atomic mass is 35.5. The number of benzene rings is 2. The number of hydrogen-bond acceptors (Lipinski definition) is 2. The van der Waals surface area contributed by atoms with Crippen LogP contribution < -0.4 is 10.1 Å². The summed E-state index contributed by atoms with van der Waals surface area (Å²) in [5.41, 5.74) is 2.35. The molecule has 0 aliphatic heterocycles. The molecule has 2 aromatic rings. The predicted molar refractivity (Wildman–Crippen MR) is 81.3 cm³/mol. The second kappa shape index (κ2) is 7.05. The van der Waals surface area contributed by atoms with Gasteiger partial charge in [0.2, 0.25) is 0 Å². The Morgan fingerprint density at radius 2 is 1.89 bits per heavy atom. The molecule has 0 amide bonds. The molecule has 0 heterocycles. The summed E-state index contributed by atoms with van der Waals surface area (Å²) in [5, 5.41) is 4.04. The van der Waals surface area contributed by atoms with E-state index >= 15 is 0 Å². The fourth-order valence-corrected chi connectivity index (χ4v) is 1.91. The number of halogens is 1. The molecule has 0 fully saturated rings. The third-order valence-electron chi connectivity index (χ3n) is 2.85. The molecule has 2 aromatic carbocycles. The van der Waals surface area contributed by atoms with Crippen LogP contribution in [-0.4, -0.2) is 13.2 Å². The molecule has 19 heavy (non-hydrogen) atoms. The van der Waals surface area contributed by atoms with E-state index in [-0.39, 0.29) is 0 Å². The van der Waals surface area contributed by atoms with Crippen LogP contribution in [0.1, 0.15) is 12.5 Å². The predicted octanol–water partition coefficient (Wildman–Crippen LogP) is 4.39. The molecule has 0 unspecified atom stereocenters. The number of rotatable bonds is 6. The van der Waals surface area contributed by atoms with Gasteiger partial charge in [0.05, 0.1) is 0 Å². The van der Waals surface area contributed by atoms with E-state index in [0.29, 0.717) is 6.61 Å². The Kier molecular flexibility index (Phi) is 5.10. The third-order valence-corrected chi connectivity index (χ3v) is 3.10. The van der Waals surface area contributed by atoms with Crippen LogP contribution in [0.2, 0.25) is 5.02 Å². The van der Waals surface area contributed by atoms with E-state index in [0.717, 1.165) is 29.4 Å². The normalized spacial score (nSPS) is 10.2. The Bertz CT molecular complexity index is 510. The lowest BCUT2D eigenvalue weighted by Gasteiger charge is -2.09. The Morgan fingerprint density at radius 1 is 1.11 bits per heavy atom. The van der Waals surface area contributed by atoms with Crippen molar-refractivity contribution in [3.8, 4) is 5.75 Å². The molecule has 0 spiro atoms. The van der Waals surface area contributed by atoms with Crippen molar-refractivity contribution in [3.05, 3.63) is 59.1 Å². The number of ether oxygens (including phenoxy) is 1. The molecular weight excluding hydrogens is 258 g/mol. The van der Waals surface area contributed by atoms with Crippen molar-refractivity contribution >= 4 is 17.3 Å². The topological polar surface area (TPSA) is 21.3 Å². The summed E-state index contributed by atoms with van der Waals surface area (Å²) in [7, 11) is 0. The summed E-state index contributed by atoms with van der Waals surface area (Å²) < 4.78 is 5.71. The largest absolute Gasteiger partial charge is 0.492 e. The zero-order chi connectivity index (χ0) is 13.5. The van der Waals surface area contributed by atoms with Crippen LogP contribution >= 0.6 is 11.6 Å². The SMILES string of the molecule is CCc1cccc(OCCNc2ccc(Cl)cc2)c1. The summed E-state index contributed by atoms with van der Waals surface area (Å²) in [4.78, 5) is 0. The van der Waals surface area contributed by atoms with Gasteiger partial charge in [-0.25, -0.2) is 0 Å². The van der Waals surface area contributed by atoms with Crippen LogP contribution in [0.3, 0.4) is 0 Å². The molecule has 3 heteroatoms. The highest BCUT2D eigenvalue weighted by Crippen LogP contribution is 2.14. The first-order valence-electron chi connectivity index (χ1n) is 6.49. The molecule has 0 aromatic heterocycles. The van der Waals surface area contributed by atoms with E-state index in [1.807, 2.05) is 36.4 Å². The molecule has 2 nitrogen and oxygen atoms in total. The minimum absolute atomic E-state index is 0.635. The molecule has 100 valence electrons. The second-order valence-corrected chi connectivity index (χ2v) is 4.72. The lowest BCUT2D eigenvalue weighted by atomic mass is 10.2. The van der Waals surface area contributed by atoms with Crippen molar-refractivity contribution in [2.75, 3.05) is 18.5 Å². The van der Waals surface area contributed by atoms with Crippen LogP contribution in [0.15, 0.2) is 48.5 Å². The minimum Gasteiger partial charge on any atom is -0.492 e. The number of aryl methyl sites for hydroxylation is 1. The van der Waals surface area contributed by atoms with Crippen LogP contribution in [0.25, 0.3) is 0 Å². The maximum absolute atomic E-state index is 5.83. The van der Waals surface area contributed by atoms with Gasteiger partial charge >= 0.3 is 0 Å². The number of nitrogens with one attached hydrogen (secondary N) is 1. The van der Waals surface area contributed by atoms with Gasteiger partial charge in [-0.1, -0.05) is 30.7 Å². The molecule has 0 aliphatic carbocycles. The molecule has 0 saturated carbocycles. The third kappa shape index (κ3) is 4.49. The Labute approximate surface area is 119 Å². The average Bonchev–Trinajstić information content (AvgIpc) is 2.46. The first-order valence-corrected chi connectivity index (χ1v) is 6.87. The van der Waals surface area contributed by atoms with E-state index < -0.39 is 0 Å². The summed E-state index contributed by atoms with van der Waals surface area (Å²) in [6, 6.07) is 15.9. The Hall–Kier alpha value is -1.67. The van der Waals surface area contributed by atoms with E-state index in [1.54, 1.807) is 0 Å². The molecule has 0 aliphatic rings. The highest BCUT2D eigenvalue weighted by molar-refractivity contribution is 6.30. The second-order valence-electron chi connectivity index (χ2n) is 4.28. The molecule has 0 bridgehead atoms. The maximum atomic E-state index is 5.83. The van der Waals surface area contributed by atoms with Crippen molar-refractivity contribution in [1.82, 2.24) is 0 Å². The van der Waals surface area contributed by atoms with Gasteiger partial charge in [-0.2, -0.15) is 0 Å². The van der Waals surface area contributed by atoms with Crippen molar-refractivity contribution < 1.29 is 4.74 Å². The molecule has 0 radical (unpaired) electrons.